The number of hydrogen-bond acceptors (Lipinski definition) is 8. The molecule has 14 heteroatoms. The van der Waals surface area contributed by atoms with E-state index in [0.29, 0.717) is 12.8 Å². The average molecular weight is 747 g/mol. The molecule has 1 atom stereocenters. The summed E-state index contributed by atoms with van der Waals surface area (Å²) in [6.07, 6.45) is 29.4. The van der Waals surface area contributed by atoms with Gasteiger partial charge in [-0.25, -0.2) is 9.13 Å². The molecule has 0 aromatic heterocycles. The Kier molecular flexibility index (Phi) is 33.2. The fraction of sp³-hybridized carbons (Fsp3) is 0.943. The minimum absolute atomic E-state index is 0.0651. The second kappa shape index (κ2) is 32.2. The van der Waals surface area contributed by atoms with Gasteiger partial charge in [0.15, 0.2) is 11.6 Å². The molecule has 0 aromatic carbocycles. The van der Waals surface area contributed by atoms with Gasteiger partial charge in [-0.2, -0.15) is 4.31 Å². The third kappa shape index (κ3) is 31.9. The maximum Gasteiger partial charge on any atom is 0.478 e. The molecule has 0 heterocycles. The van der Waals surface area contributed by atoms with Crippen LogP contribution in [0, 0.1) is 0 Å². The van der Waals surface area contributed by atoms with Crippen LogP contribution in [0.1, 0.15) is 194 Å². The number of Topliss-reactive ketones (excluding diaryl/α,β-unsaturated/α-hetero) is 2. The number of ketones is 2. The van der Waals surface area contributed by atoms with Crippen molar-refractivity contribution in [3.63, 3.8) is 0 Å². The van der Waals surface area contributed by atoms with Crippen molar-refractivity contribution in [1.29, 1.82) is 0 Å². The van der Waals surface area contributed by atoms with Crippen LogP contribution in [0.15, 0.2) is 0 Å². The number of rotatable bonds is 34. The van der Waals surface area contributed by atoms with Crippen LogP contribution in [-0.2, 0) is 23.0 Å². The highest BCUT2D eigenvalue weighted by Crippen LogP contribution is 2.53. The second-order valence-electron chi connectivity index (χ2n) is 13.4. The highest BCUT2D eigenvalue weighted by molar-refractivity contribution is 7.60. The molecule has 0 spiro atoms. The van der Waals surface area contributed by atoms with Crippen molar-refractivity contribution in [2.75, 3.05) is 6.61 Å². The van der Waals surface area contributed by atoms with E-state index in [0.717, 1.165) is 38.5 Å². The van der Waals surface area contributed by atoms with Crippen molar-refractivity contribution in [3.8, 4) is 0 Å². The summed E-state index contributed by atoms with van der Waals surface area (Å²) < 4.78 is 22.2. The summed E-state index contributed by atoms with van der Waals surface area (Å²) in [5.41, 5.74) is -2.47. The van der Waals surface area contributed by atoms with Crippen LogP contribution >= 0.6 is 15.6 Å². The molecule has 0 saturated heterocycles. The lowest BCUT2D eigenvalue weighted by atomic mass is 9.82. The predicted molar refractivity (Wildman–Crippen MR) is 194 cm³/mol. The lowest BCUT2D eigenvalue weighted by molar-refractivity contribution is -0.166. The smallest absolute Gasteiger partial charge is 0.394 e. The van der Waals surface area contributed by atoms with Crippen LogP contribution < -0.4 is 0 Å². The highest BCUT2D eigenvalue weighted by Gasteiger charge is 2.48. The van der Waals surface area contributed by atoms with Crippen molar-refractivity contribution in [3.05, 3.63) is 0 Å². The Bertz CT molecular complexity index is 828. The minimum Gasteiger partial charge on any atom is -0.394 e. The SMILES string of the molecule is CCCCCCCCCCCCCCCC(=O)C(O)(C(=O)CCCCCCCCCCCCCCC)C(O)CO.O=P(O)(O)OP(=O)(O)O. The Balaban J connectivity index is 0. The number of unbranched alkanes of at least 4 members (excludes halogenated alkanes) is 24. The number of carbonyl (C=O) groups is 2. The van der Waals surface area contributed by atoms with E-state index in [1.165, 1.54) is 116 Å². The molecular formula is C35H72O12P2. The van der Waals surface area contributed by atoms with Gasteiger partial charge in [0.1, 0.15) is 6.10 Å². The van der Waals surface area contributed by atoms with Gasteiger partial charge in [-0.3, -0.25) is 9.59 Å². The van der Waals surface area contributed by atoms with Gasteiger partial charge in [-0.15, -0.1) is 0 Å². The molecule has 49 heavy (non-hydrogen) atoms. The van der Waals surface area contributed by atoms with Crippen molar-refractivity contribution in [2.24, 2.45) is 0 Å². The molecule has 0 radical (unpaired) electrons. The van der Waals surface area contributed by atoms with Gasteiger partial charge in [-0.05, 0) is 12.8 Å². The van der Waals surface area contributed by atoms with E-state index >= 15 is 0 Å². The molecule has 0 saturated carbocycles. The lowest BCUT2D eigenvalue weighted by Gasteiger charge is -2.29. The van der Waals surface area contributed by atoms with E-state index in [-0.39, 0.29) is 12.8 Å². The minimum atomic E-state index is -5.05. The maximum absolute atomic E-state index is 12.8. The third-order valence-electron chi connectivity index (χ3n) is 8.73. The van der Waals surface area contributed by atoms with Gasteiger partial charge >= 0.3 is 15.6 Å². The third-order valence-corrected chi connectivity index (χ3v) is 10.4. The first-order valence-electron chi connectivity index (χ1n) is 19.1. The first-order valence-corrected chi connectivity index (χ1v) is 22.1. The summed E-state index contributed by atoms with van der Waals surface area (Å²) in [5.74, 6) is -1.28. The number of aliphatic hydroxyl groups is 3. The van der Waals surface area contributed by atoms with Gasteiger partial charge in [0.05, 0.1) is 6.61 Å². The van der Waals surface area contributed by atoms with E-state index in [1.54, 1.807) is 0 Å². The van der Waals surface area contributed by atoms with Crippen LogP contribution in [0.25, 0.3) is 0 Å². The molecule has 0 bridgehead atoms. The topological polar surface area (TPSA) is 219 Å². The normalized spacial score (nSPS) is 12.8. The molecule has 12 nitrogen and oxygen atoms in total. The Morgan fingerprint density at radius 3 is 0.918 bits per heavy atom. The quantitative estimate of drug-likeness (QED) is 0.0188. The lowest BCUT2D eigenvalue weighted by Crippen LogP contribution is -2.57. The molecule has 0 rings (SSSR count). The second-order valence-corrected chi connectivity index (χ2v) is 16.0. The Morgan fingerprint density at radius 2 is 0.735 bits per heavy atom. The zero-order valence-electron chi connectivity index (χ0n) is 30.6. The van der Waals surface area contributed by atoms with Gasteiger partial charge in [0.2, 0.25) is 5.60 Å². The fourth-order valence-corrected chi connectivity index (χ4v) is 6.89. The first-order chi connectivity index (χ1) is 23.2. The molecule has 0 amide bonds. The van der Waals surface area contributed by atoms with E-state index in [1.807, 2.05) is 0 Å². The summed E-state index contributed by atoms with van der Waals surface area (Å²) in [6, 6.07) is 0. The molecule has 1 unspecified atom stereocenters. The molecule has 0 aromatic rings. The largest absolute Gasteiger partial charge is 0.478 e. The summed E-state index contributed by atoms with van der Waals surface area (Å²) in [5, 5.41) is 30.5. The molecule has 0 fully saturated rings. The summed E-state index contributed by atoms with van der Waals surface area (Å²) in [7, 11) is -10.1. The number of phosphoric acid groups is 2. The van der Waals surface area contributed by atoms with E-state index in [2.05, 4.69) is 18.2 Å². The van der Waals surface area contributed by atoms with Gasteiger partial charge < -0.3 is 34.9 Å². The van der Waals surface area contributed by atoms with E-state index in [9.17, 15) is 34.0 Å². The number of aliphatic hydroxyl groups excluding tert-OH is 2. The van der Waals surface area contributed by atoms with Crippen molar-refractivity contribution >= 4 is 27.2 Å². The monoisotopic (exact) mass is 746 g/mol. The van der Waals surface area contributed by atoms with E-state index in [4.69, 9.17) is 19.6 Å². The van der Waals surface area contributed by atoms with Crippen molar-refractivity contribution in [1.82, 2.24) is 0 Å². The predicted octanol–water partition coefficient (Wildman–Crippen LogP) is 8.36. The highest BCUT2D eigenvalue weighted by atomic mass is 31.3. The zero-order valence-corrected chi connectivity index (χ0v) is 32.4. The van der Waals surface area contributed by atoms with Crippen LogP contribution in [0.5, 0.6) is 0 Å². The van der Waals surface area contributed by atoms with Crippen LogP contribution in [0.4, 0.5) is 0 Å². The Hall–Kier alpha value is -0.520. The van der Waals surface area contributed by atoms with Crippen molar-refractivity contribution in [2.45, 2.75) is 205 Å². The molecule has 0 aliphatic carbocycles. The molecule has 0 aliphatic heterocycles. The zero-order chi connectivity index (χ0) is 37.4. The van der Waals surface area contributed by atoms with Gasteiger partial charge in [-0.1, -0.05) is 168 Å². The summed E-state index contributed by atoms with van der Waals surface area (Å²) in [6.45, 7) is 3.69. The molecule has 7 N–H and O–H groups in total. The molecule has 0 aliphatic rings. The fourth-order valence-electron chi connectivity index (χ4n) is 5.79. The maximum atomic E-state index is 12.8. The number of hydrogen-bond donors (Lipinski definition) is 7. The Morgan fingerprint density at radius 1 is 0.510 bits per heavy atom. The van der Waals surface area contributed by atoms with Gasteiger partial charge in [0, 0.05) is 12.8 Å². The standard InChI is InChI=1S/C35H68O5.H4O7P2/c1-3-5-7-9-11-13-15-17-19-21-23-25-27-29-32(37)35(40,34(39)31-36)33(38)30-28-26-24-22-20-18-16-14-12-10-8-6-4-2;1-8(2,3)7-9(4,5)6/h34,36,39-40H,3-31H2,1-2H3;(H2,1,2,3)(H2,4,5,6). The first kappa shape index (κ1) is 50.6. The van der Waals surface area contributed by atoms with Crippen molar-refractivity contribution < 1.29 is 57.9 Å². The van der Waals surface area contributed by atoms with Crippen LogP contribution in [0.2, 0.25) is 0 Å². The van der Waals surface area contributed by atoms with Crippen LogP contribution in [-0.4, -0.2) is 64.8 Å². The van der Waals surface area contributed by atoms with Crippen LogP contribution in [0.3, 0.4) is 0 Å². The summed E-state index contributed by atoms with van der Waals surface area (Å²) in [4.78, 5) is 56.6. The van der Waals surface area contributed by atoms with Gasteiger partial charge in [0.25, 0.3) is 0 Å². The number of carbonyl (C=O) groups excluding carboxylic acids is 2. The summed E-state index contributed by atoms with van der Waals surface area (Å²) >= 11 is 0. The molecule has 294 valence electrons. The van der Waals surface area contributed by atoms with E-state index < -0.39 is 45.5 Å². The molecular weight excluding hydrogens is 674 g/mol. The Labute approximate surface area is 296 Å². The average Bonchev–Trinajstić information content (AvgIpc) is 3.02.